The third kappa shape index (κ3) is 5.32. The summed E-state index contributed by atoms with van der Waals surface area (Å²) in [5, 5.41) is 0.0478. The summed E-state index contributed by atoms with van der Waals surface area (Å²) in [6.07, 6.45) is 0.672. The molecular formula is C8H9Cl2N3O3. The minimum atomic E-state index is 0.0239. The molecule has 16 heavy (non-hydrogen) atoms. The van der Waals surface area contributed by atoms with Gasteiger partial charge in [0.15, 0.2) is 5.82 Å². The maximum Gasteiger partial charge on any atom is 0.227 e. The van der Waals surface area contributed by atoms with Crippen LogP contribution in [0, 0.1) is 0 Å². The highest BCUT2D eigenvalue weighted by Gasteiger charge is 2.02. The number of ether oxygens (including phenoxy) is 2. The van der Waals surface area contributed by atoms with E-state index in [2.05, 4.69) is 15.0 Å². The molecule has 0 fully saturated rings. The molecule has 8 heteroatoms. The van der Waals surface area contributed by atoms with E-state index in [1.54, 1.807) is 0 Å². The number of halogens is 2. The highest BCUT2D eigenvalue weighted by atomic mass is 35.5. The third-order valence-electron chi connectivity index (χ3n) is 1.42. The molecule has 0 bridgehead atoms. The monoisotopic (exact) mass is 265 g/mol. The van der Waals surface area contributed by atoms with E-state index in [0.29, 0.717) is 25.3 Å². The number of carbonyl (C=O) groups excluding carboxylic acids is 1. The zero-order valence-electron chi connectivity index (χ0n) is 8.23. The Morgan fingerprint density at radius 3 is 2.31 bits per heavy atom. The number of nitrogens with zero attached hydrogens (tertiary/aromatic N) is 3. The van der Waals surface area contributed by atoms with Crippen LogP contribution in [0.15, 0.2) is 0 Å². The van der Waals surface area contributed by atoms with Gasteiger partial charge < -0.3 is 14.3 Å². The van der Waals surface area contributed by atoms with Crippen molar-refractivity contribution in [3.63, 3.8) is 0 Å². The first kappa shape index (κ1) is 13.2. The van der Waals surface area contributed by atoms with Crippen LogP contribution in [0.4, 0.5) is 0 Å². The minimum absolute atomic E-state index is 0.0239. The lowest BCUT2D eigenvalue weighted by Gasteiger charge is -2.03. The van der Waals surface area contributed by atoms with Crippen molar-refractivity contribution in [2.75, 3.05) is 19.8 Å². The van der Waals surface area contributed by atoms with E-state index in [9.17, 15) is 4.79 Å². The van der Waals surface area contributed by atoms with Gasteiger partial charge in [0, 0.05) is 0 Å². The number of hydrogen-bond donors (Lipinski definition) is 0. The molecule has 0 aliphatic rings. The van der Waals surface area contributed by atoms with E-state index in [0.717, 1.165) is 0 Å². The highest BCUT2D eigenvalue weighted by Crippen LogP contribution is 2.06. The molecule has 88 valence electrons. The van der Waals surface area contributed by atoms with Crippen molar-refractivity contribution in [3.8, 4) is 0 Å². The zero-order chi connectivity index (χ0) is 11.8. The molecule has 0 aromatic carbocycles. The second-order valence-corrected chi connectivity index (χ2v) is 3.26. The Bertz CT molecular complexity index is 331. The van der Waals surface area contributed by atoms with Crippen LogP contribution in [0.25, 0.3) is 0 Å². The summed E-state index contributed by atoms with van der Waals surface area (Å²) < 4.78 is 10.0. The van der Waals surface area contributed by atoms with Crippen molar-refractivity contribution in [1.82, 2.24) is 15.0 Å². The molecule has 0 unspecified atom stereocenters. The Morgan fingerprint density at radius 1 is 1.06 bits per heavy atom. The lowest BCUT2D eigenvalue weighted by atomic mass is 10.6. The van der Waals surface area contributed by atoms with E-state index < -0.39 is 0 Å². The van der Waals surface area contributed by atoms with E-state index >= 15 is 0 Å². The van der Waals surface area contributed by atoms with Gasteiger partial charge in [-0.2, -0.15) is 4.98 Å². The van der Waals surface area contributed by atoms with Gasteiger partial charge in [0.2, 0.25) is 10.6 Å². The summed E-state index contributed by atoms with van der Waals surface area (Å²) in [6, 6.07) is 0. The normalized spacial score (nSPS) is 10.4. The number of rotatable bonds is 7. The molecule has 1 heterocycles. The Morgan fingerprint density at radius 2 is 1.69 bits per heavy atom. The molecular weight excluding hydrogens is 257 g/mol. The molecule has 0 saturated heterocycles. The average Bonchev–Trinajstić information content (AvgIpc) is 2.22. The zero-order valence-corrected chi connectivity index (χ0v) is 9.74. The van der Waals surface area contributed by atoms with Gasteiger partial charge in [-0.1, -0.05) is 0 Å². The van der Waals surface area contributed by atoms with Gasteiger partial charge in [-0.05, 0) is 23.2 Å². The Hall–Kier alpha value is -0.820. The first-order valence-corrected chi connectivity index (χ1v) is 5.13. The van der Waals surface area contributed by atoms with Crippen LogP contribution in [0.5, 0.6) is 0 Å². The molecule has 1 rings (SSSR count). The fourth-order valence-electron chi connectivity index (χ4n) is 0.841. The fourth-order valence-corrected chi connectivity index (χ4v) is 1.24. The predicted molar refractivity (Wildman–Crippen MR) is 56.4 cm³/mol. The van der Waals surface area contributed by atoms with Gasteiger partial charge in [0.25, 0.3) is 0 Å². The summed E-state index contributed by atoms with van der Waals surface area (Å²) in [4.78, 5) is 21.1. The second-order valence-electron chi connectivity index (χ2n) is 2.58. The Kier molecular flexibility index (Phi) is 6.17. The van der Waals surface area contributed by atoms with E-state index in [-0.39, 0.29) is 23.8 Å². The number of carbonyl (C=O) groups is 1. The Labute approximate surface area is 102 Å². The molecule has 0 atom stereocenters. The first-order valence-electron chi connectivity index (χ1n) is 4.37. The lowest BCUT2D eigenvalue weighted by molar-refractivity contribution is -0.112. The van der Waals surface area contributed by atoms with Crippen molar-refractivity contribution in [3.05, 3.63) is 16.4 Å². The molecule has 0 radical (unpaired) electrons. The first-order chi connectivity index (χ1) is 7.72. The minimum Gasteiger partial charge on any atom is -0.372 e. The van der Waals surface area contributed by atoms with Crippen molar-refractivity contribution in [2.45, 2.75) is 6.61 Å². The molecule has 0 amide bonds. The fraction of sp³-hybridized carbons (Fsp3) is 0.500. The van der Waals surface area contributed by atoms with Crippen LogP contribution in [-0.2, 0) is 20.9 Å². The summed E-state index contributed by atoms with van der Waals surface area (Å²) in [5.74, 6) is 0.348. The molecule has 6 nitrogen and oxygen atoms in total. The Balaban J connectivity index is 2.23. The van der Waals surface area contributed by atoms with Crippen LogP contribution in [-0.4, -0.2) is 41.1 Å². The molecule has 0 aliphatic heterocycles. The van der Waals surface area contributed by atoms with Gasteiger partial charge in [-0.3, -0.25) is 0 Å². The van der Waals surface area contributed by atoms with Gasteiger partial charge in [0.1, 0.15) is 19.5 Å². The topological polar surface area (TPSA) is 74.2 Å². The third-order valence-corrected chi connectivity index (χ3v) is 1.75. The number of hydrogen-bond acceptors (Lipinski definition) is 6. The van der Waals surface area contributed by atoms with Gasteiger partial charge in [0.05, 0.1) is 13.2 Å². The van der Waals surface area contributed by atoms with Crippen molar-refractivity contribution in [2.24, 2.45) is 0 Å². The van der Waals surface area contributed by atoms with Crippen LogP contribution >= 0.6 is 23.2 Å². The highest BCUT2D eigenvalue weighted by molar-refractivity contribution is 6.30. The van der Waals surface area contributed by atoms with Crippen molar-refractivity contribution < 1.29 is 14.3 Å². The second kappa shape index (κ2) is 7.45. The van der Waals surface area contributed by atoms with Crippen LogP contribution in [0.1, 0.15) is 5.82 Å². The van der Waals surface area contributed by atoms with E-state index in [1.165, 1.54) is 0 Å². The van der Waals surface area contributed by atoms with Crippen molar-refractivity contribution in [1.29, 1.82) is 0 Å². The van der Waals surface area contributed by atoms with Crippen LogP contribution in [0.3, 0.4) is 0 Å². The standard InChI is InChI=1S/C8H9Cl2N3O3/c9-7-11-6(12-8(10)13-7)5-16-4-3-15-2-1-14/h1H,2-5H2. The van der Waals surface area contributed by atoms with E-state index in [4.69, 9.17) is 32.7 Å². The smallest absolute Gasteiger partial charge is 0.227 e. The molecule has 0 spiro atoms. The summed E-state index contributed by atoms with van der Waals surface area (Å²) >= 11 is 11.1. The summed E-state index contributed by atoms with van der Waals surface area (Å²) in [5.41, 5.74) is 0. The maximum atomic E-state index is 9.91. The molecule has 0 N–H and O–H groups in total. The van der Waals surface area contributed by atoms with Gasteiger partial charge in [-0.25, -0.2) is 9.97 Å². The number of aldehydes is 1. The number of aromatic nitrogens is 3. The van der Waals surface area contributed by atoms with Gasteiger partial charge in [-0.15, -0.1) is 0 Å². The molecule has 0 saturated carbocycles. The SMILES string of the molecule is O=CCOCCOCc1nc(Cl)nc(Cl)n1. The van der Waals surface area contributed by atoms with Crippen LogP contribution < -0.4 is 0 Å². The van der Waals surface area contributed by atoms with E-state index in [1.807, 2.05) is 0 Å². The maximum absolute atomic E-state index is 9.91. The van der Waals surface area contributed by atoms with Crippen LogP contribution in [0.2, 0.25) is 10.6 Å². The van der Waals surface area contributed by atoms with Crippen molar-refractivity contribution >= 4 is 29.5 Å². The molecule has 1 aromatic heterocycles. The largest absolute Gasteiger partial charge is 0.372 e. The quantitative estimate of drug-likeness (QED) is 0.539. The summed E-state index contributed by atoms with van der Waals surface area (Å²) in [6.45, 7) is 0.874. The van der Waals surface area contributed by atoms with Gasteiger partial charge >= 0.3 is 0 Å². The summed E-state index contributed by atoms with van der Waals surface area (Å²) in [7, 11) is 0. The predicted octanol–water partition coefficient (Wildman–Crippen LogP) is 0.911. The molecule has 0 aliphatic carbocycles. The average molecular weight is 266 g/mol. The lowest BCUT2D eigenvalue weighted by Crippen LogP contribution is -2.07. The molecule has 1 aromatic rings.